The van der Waals surface area contributed by atoms with E-state index in [1.807, 2.05) is 31.2 Å². The maximum absolute atomic E-state index is 12.7. The van der Waals surface area contributed by atoms with E-state index in [-0.39, 0.29) is 11.9 Å². The predicted molar refractivity (Wildman–Crippen MR) is 132 cm³/mol. The highest BCUT2D eigenvalue weighted by Gasteiger charge is 2.25. The van der Waals surface area contributed by atoms with Crippen molar-refractivity contribution in [3.63, 3.8) is 0 Å². The first kappa shape index (κ1) is 25.2. The average molecular weight is 433 g/mol. The van der Waals surface area contributed by atoms with Gasteiger partial charge < -0.3 is 15.1 Å². The summed E-state index contributed by atoms with van der Waals surface area (Å²) in [6.07, 6.45) is 5.58. The second kappa shape index (κ2) is 12.1. The number of nitrogens with zero attached hydrogens (tertiary/aromatic N) is 3. The van der Waals surface area contributed by atoms with Crippen molar-refractivity contribution in [2.45, 2.75) is 46.2 Å². The van der Waals surface area contributed by atoms with Crippen LogP contribution in [0.1, 0.15) is 44.7 Å². The van der Waals surface area contributed by atoms with E-state index in [1.165, 1.54) is 0 Å². The number of amides is 1. The highest BCUT2D eigenvalue weighted by Crippen LogP contribution is 2.23. The second-order valence-corrected chi connectivity index (χ2v) is 8.41. The van der Waals surface area contributed by atoms with Crippen molar-refractivity contribution in [2.24, 2.45) is 0 Å². The Morgan fingerprint density at radius 1 is 1.28 bits per heavy atom. The summed E-state index contributed by atoms with van der Waals surface area (Å²) in [5.74, 6) is -0.239. The SMILES string of the molecule is C=C(/C=C(\C(C#N)=C/C)N1CCN(C)CC1C)C(=O)NCc1ccc(C(=C)CCC)cc1. The lowest BCUT2D eigenvalue weighted by Crippen LogP contribution is -2.50. The summed E-state index contributed by atoms with van der Waals surface area (Å²) in [5, 5.41) is 12.6. The summed E-state index contributed by atoms with van der Waals surface area (Å²) < 4.78 is 0. The number of allylic oxidation sites excluding steroid dienone is 3. The maximum atomic E-state index is 12.7. The van der Waals surface area contributed by atoms with Crippen LogP contribution in [0.5, 0.6) is 0 Å². The molecule has 1 unspecified atom stereocenters. The van der Waals surface area contributed by atoms with Gasteiger partial charge in [0, 0.05) is 37.8 Å². The number of rotatable bonds is 9. The van der Waals surface area contributed by atoms with Gasteiger partial charge in [-0.2, -0.15) is 5.26 Å². The van der Waals surface area contributed by atoms with Gasteiger partial charge >= 0.3 is 0 Å². The zero-order chi connectivity index (χ0) is 23.7. The molecule has 1 aromatic rings. The lowest BCUT2D eigenvalue weighted by Gasteiger charge is -2.41. The van der Waals surface area contributed by atoms with Crippen LogP contribution in [0.15, 0.2) is 66.4 Å². The fraction of sp³-hybridized carbons (Fsp3) is 0.407. The van der Waals surface area contributed by atoms with E-state index in [0.29, 0.717) is 17.7 Å². The van der Waals surface area contributed by atoms with Crippen LogP contribution >= 0.6 is 0 Å². The van der Waals surface area contributed by atoms with Gasteiger partial charge in [0.15, 0.2) is 0 Å². The van der Waals surface area contributed by atoms with Crippen LogP contribution in [0.3, 0.4) is 0 Å². The Kier molecular flexibility index (Phi) is 9.49. The third-order valence-corrected chi connectivity index (χ3v) is 5.79. The van der Waals surface area contributed by atoms with Crippen LogP contribution in [0, 0.1) is 11.3 Å². The van der Waals surface area contributed by atoms with Gasteiger partial charge in [-0.25, -0.2) is 0 Å². The summed E-state index contributed by atoms with van der Waals surface area (Å²) in [6, 6.07) is 10.6. The number of carbonyl (C=O) groups is 1. The maximum Gasteiger partial charge on any atom is 0.251 e. The Balaban J connectivity index is 2.09. The minimum absolute atomic E-state index is 0.236. The van der Waals surface area contributed by atoms with Crippen molar-refractivity contribution < 1.29 is 4.79 Å². The van der Waals surface area contributed by atoms with Crippen LogP contribution in [-0.2, 0) is 11.3 Å². The fourth-order valence-electron chi connectivity index (χ4n) is 3.91. The fourth-order valence-corrected chi connectivity index (χ4v) is 3.91. The predicted octanol–water partition coefficient (Wildman–Crippen LogP) is 4.66. The van der Waals surface area contributed by atoms with Gasteiger partial charge in [-0.15, -0.1) is 0 Å². The Hall–Kier alpha value is -3.10. The third kappa shape index (κ3) is 6.70. The number of piperazine rings is 1. The Labute approximate surface area is 193 Å². The van der Waals surface area contributed by atoms with Gasteiger partial charge in [-0.05, 0) is 50.1 Å². The molecule has 1 fully saturated rings. The van der Waals surface area contributed by atoms with Crippen molar-refractivity contribution in [3.8, 4) is 6.07 Å². The summed E-state index contributed by atoms with van der Waals surface area (Å²) >= 11 is 0. The molecule has 1 saturated heterocycles. The monoisotopic (exact) mass is 432 g/mol. The first-order valence-electron chi connectivity index (χ1n) is 11.3. The van der Waals surface area contributed by atoms with Gasteiger partial charge in [0.2, 0.25) is 0 Å². The standard InChI is InChI=1S/C27H36N4O/c1-7-9-20(3)25-12-10-23(11-13-25)18-29-27(32)21(4)16-26(24(8-2)17-28)31-15-14-30(6)19-22(31)5/h8,10-13,16,22H,3-4,7,9,14-15,18-19H2,1-2,5-6H3,(H,29,32)/b24-8-,26-16+. The van der Waals surface area contributed by atoms with Crippen molar-refractivity contribution in [2.75, 3.05) is 26.7 Å². The first-order valence-corrected chi connectivity index (χ1v) is 11.3. The molecule has 1 aliphatic heterocycles. The molecule has 1 atom stereocenters. The number of likely N-dealkylation sites (N-methyl/N-ethyl adjacent to an activating group) is 1. The highest BCUT2D eigenvalue weighted by atomic mass is 16.1. The lowest BCUT2D eigenvalue weighted by molar-refractivity contribution is -0.117. The molecule has 1 amide bonds. The molecule has 32 heavy (non-hydrogen) atoms. The molecular formula is C27H36N4O. The van der Waals surface area contributed by atoms with E-state index in [9.17, 15) is 10.1 Å². The molecule has 1 heterocycles. The molecule has 1 aliphatic rings. The summed E-state index contributed by atoms with van der Waals surface area (Å²) in [6.45, 7) is 17.2. The lowest BCUT2D eigenvalue weighted by atomic mass is 10.0. The van der Waals surface area contributed by atoms with E-state index in [2.05, 4.69) is 55.2 Å². The zero-order valence-corrected chi connectivity index (χ0v) is 19.9. The van der Waals surface area contributed by atoms with Crippen LogP contribution in [0.2, 0.25) is 0 Å². The number of benzene rings is 1. The van der Waals surface area contributed by atoms with Gasteiger partial charge in [0.1, 0.15) is 6.07 Å². The Morgan fingerprint density at radius 3 is 2.53 bits per heavy atom. The van der Waals surface area contributed by atoms with Crippen molar-refractivity contribution >= 4 is 11.5 Å². The molecule has 1 aromatic carbocycles. The number of hydrogen-bond acceptors (Lipinski definition) is 4. The van der Waals surface area contributed by atoms with E-state index >= 15 is 0 Å². The van der Waals surface area contributed by atoms with E-state index < -0.39 is 0 Å². The summed E-state index contributed by atoms with van der Waals surface area (Å²) in [7, 11) is 2.09. The second-order valence-electron chi connectivity index (χ2n) is 8.41. The largest absolute Gasteiger partial charge is 0.365 e. The molecule has 5 heteroatoms. The van der Waals surface area contributed by atoms with Gasteiger partial charge in [-0.1, -0.05) is 56.8 Å². The molecule has 0 aromatic heterocycles. The summed E-state index contributed by atoms with van der Waals surface area (Å²) in [5.41, 5.74) is 4.93. The van der Waals surface area contributed by atoms with Crippen LogP contribution in [-0.4, -0.2) is 48.4 Å². The average Bonchev–Trinajstić information content (AvgIpc) is 2.78. The van der Waals surface area contributed by atoms with Crippen LogP contribution in [0.25, 0.3) is 5.57 Å². The molecule has 2 rings (SSSR count). The molecule has 0 saturated carbocycles. The first-order chi connectivity index (χ1) is 15.3. The third-order valence-electron chi connectivity index (χ3n) is 5.79. The van der Waals surface area contributed by atoms with Crippen LogP contribution < -0.4 is 5.32 Å². The number of nitrogens with one attached hydrogen (secondary N) is 1. The molecule has 0 radical (unpaired) electrons. The zero-order valence-electron chi connectivity index (χ0n) is 19.9. The van der Waals surface area contributed by atoms with Gasteiger partial charge in [0.25, 0.3) is 5.91 Å². The molecule has 5 nitrogen and oxygen atoms in total. The molecular weight excluding hydrogens is 396 g/mol. The van der Waals surface area contributed by atoms with Crippen LogP contribution in [0.4, 0.5) is 0 Å². The smallest absolute Gasteiger partial charge is 0.251 e. The van der Waals surface area contributed by atoms with Crippen molar-refractivity contribution in [3.05, 3.63) is 77.5 Å². The molecule has 170 valence electrons. The van der Waals surface area contributed by atoms with Crippen molar-refractivity contribution in [1.82, 2.24) is 15.1 Å². The molecule has 0 spiro atoms. The van der Waals surface area contributed by atoms with Gasteiger partial charge in [-0.3, -0.25) is 4.79 Å². The van der Waals surface area contributed by atoms with E-state index in [0.717, 1.165) is 54.9 Å². The topological polar surface area (TPSA) is 59.4 Å². The minimum atomic E-state index is -0.239. The van der Waals surface area contributed by atoms with E-state index in [4.69, 9.17) is 0 Å². The minimum Gasteiger partial charge on any atom is -0.365 e. The number of nitriles is 1. The Bertz CT molecular complexity index is 933. The highest BCUT2D eigenvalue weighted by molar-refractivity contribution is 5.95. The van der Waals surface area contributed by atoms with Gasteiger partial charge in [0.05, 0.1) is 11.3 Å². The Morgan fingerprint density at radius 2 is 1.97 bits per heavy atom. The van der Waals surface area contributed by atoms with E-state index in [1.54, 1.807) is 12.2 Å². The van der Waals surface area contributed by atoms with Crippen molar-refractivity contribution in [1.29, 1.82) is 5.26 Å². The molecule has 1 N–H and O–H groups in total. The molecule has 0 bridgehead atoms. The quantitative estimate of drug-likeness (QED) is 0.350. The summed E-state index contributed by atoms with van der Waals surface area (Å²) in [4.78, 5) is 17.2. The number of carbonyl (C=O) groups excluding carboxylic acids is 1. The normalized spacial score (nSPS) is 17.6. The molecule has 0 aliphatic carbocycles. The number of hydrogen-bond donors (Lipinski definition) is 1.